The molecule has 0 spiro atoms. The van der Waals surface area contributed by atoms with Crippen LogP contribution in [0.25, 0.3) is 21.9 Å². The van der Waals surface area contributed by atoms with Crippen LogP contribution in [0.3, 0.4) is 0 Å². The van der Waals surface area contributed by atoms with Crippen molar-refractivity contribution in [3.05, 3.63) is 94.7 Å². The average Bonchev–Trinajstić information content (AvgIpc) is 3.07. The molecule has 0 amide bonds. The van der Waals surface area contributed by atoms with Crippen LogP contribution < -0.4 is 10.7 Å². The van der Waals surface area contributed by atoms with Crippen LogP contribution in [0, 0.1) is 0 Å². The molecule has 2 nitrogen and oxygen atoms in total. The third-order valence-corrected chi connectivity index (χ3v) is 5.55. The van der Waals surface area contributed by atoms with Gasteiger partial charge in [-0.1, -0.05) is 72.8 Å². The van der Waals surface area contributed by atoms with Gasteiger partial charge in [0.25, 0.3) is 0 Å². The topological polar surface area (TPSA) is 24.7 Å². The zero-order valence-corrected chi connectivity index (χ0v) is 13.7. The fourth-order valence-electron chi connectivity index (χ4n) is 4.44. The Labute approximate surface area is 145 Å². The summed E-state index contributed by atoms with van der Waals surface area (Å²) in [6.07, 6.45) is 9.45. The lowest BCUT2D eigenvalue weighted by Crippen LogP contribution is -2.40. The number of hydrogen-bond donors (Lipinski definition) is 0. The average molecular weight is 320 g/mol. The van der Waals surface area contributed by atoms with Crippen LogP contribution in [-0.4, -0.2) is 12.1 Å². The number of benzene rings is 3. The Bertz CT molecular complexity index is 1230. The molecule has 0 saturated heterocycles. The van der Waals surface area contributed by atoms with E-state index >= 15 is 0 Å². The highest BCUT2D eigenvalue weighted by atomic mass is 14.9. The van der Waals surface area contributed by atoms with Gasteiger partial charge in [-0.25, -0.2) is 0 Å². The maximum atomic E-state index is 5.14. The summed E-state index contributed by atoms with van der Waals surface area (Å²) >= 11 is 0. The van der Waals surface area contributed by atoms with Gasteiger partial charge < -0.3 is 0 Å². The third-order valence-electron chi connectivity index (χ3n) is 5.55. The molecule has 0 saturated carbocycles. The molecule has 2 heteroatoms. The first-order valence-corrected chi connectivity index (χ1v) is 8.83. The largest absolute Gasteiger partial charge is 0.273 e. The summed E-state index contributed by atoms with van der Waals surface area (Å²) in [6, 6.07) is 17.7. The Morgan fingerprint density at radius 2 is 1.40 bits per heavy atom. The number of hydrogen-bond acceptors (Lipinski definition) is 2. The molecule has 3 aliphatic rings. The van der Waals surface area contributed by atoms with Crippen molar-refractivity contribution in [1.29, 1.82) is 0 Å². The predicted molar refractivity (Wildman–Crippen MR) is 100 cm³/mol. The summed E-state index contributed by atoms with van der Waals surface area (Å²) in [5, 5.41) is 4.70. The van der Waals surface area contributed by atoms with Gasteiger partial charge in [0.2, 0.25) is 0 Å². The van der Waals surface area contributed by atoms with Gasteiger partial charge in [-0.05, 0) is 27.6 Å². The second-order valence-electron chi connectivity index (χ2n) is 6.94. The summed E-state index contributed by atoms with van der Waals surface area (Å²) < 4.78 is 0. The first-order chi connectivity index (χ1) is 12.4. The Kier molecular flexibility index (Phi) is 2.53. The minimum absolute atomic E-state index is 0.128. The van der Waals surface area contributed by atoms with Crippen molar-refractivity contribution in [2.45, 2.75) is 18.5 Å². The summed E-state index contributed by atoms with van der Waals surface area (Å²) in [5.41, 5.74) is 5.46. The van der Waals surface area contributed by atoms with E-state index < -0.39 is 0 Å². The van der Waals surface area contributed by atoms with E-state index in [1.165, 1.54) is 33.0 Å². The molecule has 2 atom stereocenters. The van der Waals surface area contributed by atoms with Gasteiger partial charge in [0.15, 0.2) is 0 Å². The second kappa shape index (κ2) is 4.76. The molecule has 2 aliphatic carbocycles. The van der Waals surface area contributed by atoms with E-state index in [1.807, 2.05) is 0 Å². The normalized spacial score (nSPS) is 21.8. The molecule has 6 rings (SSSR count). The van der Waals surface area contributed by atoms with Gasteiger partial charge in [-0.2, -0.15) is 0 Å². The molecule has 3 aromatic carbocycles. The van der Waals surface area contributed by atoms with E-state index in [-0.39, 0.29) is 12.1 Å². The first kappa shape index (κ1) is 13.3. The fraction of sp³-hybridized carbons (Fsp3) is 0.130. The van der Waals surface area contributed by atoms with Gasteiger partial charge in [-0.3, -0.25) is 9.98 Å². The highest BCUT2D eigenvalue weighted by Crippen LogP contribution is 2.38. The van der Waals surface area contributed by atoms with Crippen molar-refractivity contribution in [2.24, 2.45) is 9.98 Å². The van der Waals surface area contributed by atoms with Gasteiger partial charge in [0.1, 0.15) is 0 Å². The van der Waals surface area contributed by atoms with Crippen molar-refractivity contribution < 1.29 is 0 Å². The first-order valence-electron chi connectivity index (χ1n) is 8.83. The number of fused-ring (bicyclic) bond motifs is 9. The molecule has 0 bridgehead atoms. The minimum Gasteiger partial charge on any atom is -0.273 e. The third kappa shape index (κ3) is 1.74. The second-order valence-corrected chi connectivity index (χ2v) is 6.94. The number of nitrogens with zero attached hydrogens (tertiary/aromatic N) is 2. The summed E-state index contributed by atoms with van der Waals surface area (Å²) in [6.45, 7) is 0. The van der Waals surface area contributed by atoms with Crippen molar-refractivity contribution in [3.8, 4) is 11.1 Å². The summed E-state index contributed by atoms with van der Waals surface area (Å²) in [7, 11) is 0. The summed E-state index contributed by atoms with van der Waals surface area (Å²) in [5.74, 6) is 0. The van der Waals surface area contributed by atoms with Crippen LogP contribution in [-0.2, 0) is 6.42 Å². The molecule has 2 unspecified atom stereocenters. The lowest BCUT2D eigenvalue weighted by molar-refractivity contribution is 0.646. The Morgan fingerprint density at radius 3 is 2.24 bits per heavy atom. The van der Waals surface area contributed by atoms with Crippen LogP contribution in [0.15, 0.2) is 82.8 Å². The molecule has 25 heavy (non-hydrogen) atoms. The lowest BCUT2D eigenvalue weighted by Gasteiger charge is -2.22. The zero-order valence-electron chi connectivity index (χ0n) is 13.7. The minimum atomic E-state index is 0.128. The maximum absolute atomic E-state index is 5.14. The van der Waals surface area contributed by atoms with Crippen LogP contribution >= 0.6 is 0 Å². The Morgan fingerprint density at radius 1 is 0.720 bits per heavy atom. The van der Waals surface area contributed by atoms with Gasteiger partial charge in [0, 0.05) is 11.8 Å². The standard InChI is InChI=1S/C23H16N2/c1-2-8-15-14(7-1)13-18-21(15)16-9-3-4-10-17(16)22-23(18)25-20-12-6-5-11-19(20)24-22/h1-12,19-20H,13H2. The molecule has 0 N–H and O–H groups in total. The summed E-state index contributed by atoms with van der Waals surface area (Å²) in [4.78, 5) is 10.2. The van der Waals surface area contributed by atoms with Gasteiger partial charge in [-0.15, -0.1) is 0 Å². The lowest BCUT2D eigenvalue weighted by atomic mass is 9.95. The highest BCUT2D eigenvalue weighted by Gasteiger charge is 2.27. The zero-order chi connectivity index (χ0) is 16.4. The van der Waals surface area contributed by atoms with Crippen LogP contribution in [0.4, 0.5) is 0 Å². The Balaban J connectivity index is 1.82. The maximum Gasteiger partial charge on any atom is 0.0950 e. The molecule has 1 aliphatic heterocycles. The van der Waals surface area contributed by atoms with Crippen LogP contribution in [0.1, 0.15) is 11.1 Å². The van der Waals surface area contributed by atoms with Gasteiger partial charge >= 0.3 is 0 Å². The quantitative estimate of drug-likeness (QED) is 0.473. The van der Waals surface area contributed by atoms with Crippen molar-refractivity contribution in [3.63, 3.8) is 0 Å². The van der Waals surface area contributed by atoms with Crippen molar-refractivity contribution >= 4 is 10.8 Å². The SMILES string of the molecule is C1=CC2N=c3c4c(c5ccccc5c3=NC2C=C1)-c1ccccc1C4. The van der Waals surface area contributed by atoms with Crippen LogP contribution in [0.5, 0.6) is 0 Å². The van der Waals surface area contributed by atoms with Crippen LogP contribution in [0.2, 0.25) is 0 Å². The molecule has 1 heterocycles. The predicted octanol–water partition coefficient (Wildman–Crippen LogP) is 3.53. The van der Waals surface area contributed by atoms with E-state index in [1.54, 1.807) is 0 Å². The molecule has 3 aromatic rings. The van der Waals surface area contributed by atoms with E-state index in [4.69, 9.17) is 9.98 Å². The van der Waals surface area contributed by atoms with Crippen molar-refractivity contribution in [2.75, 3.05) is 0 Å². The number of allylic oxidation sites excluding steroid dienone is 2. The molecule has 0 radical (unpaired) electrons. The molecular formula is C23H16N2. The molecule has 118 valence electrons. The highest BCUT2D eigenvalue weighted by molar-refractivity contribution is 6.00. The van der Waals surface area contributed by atoms with Gasteiger partial charge in [0.05, 0.1) is 22.8 Å². The van der Waals surface area contributed by atoms with E-state index in [9.17, 15) is 0 Å². The number of rotatable bonds is 0. The smallest absolute Gasteiger partial charge is 0.0950 e. The monoisotopic (exact) mass is 320 g/mol. The molecule has 0 fully saturated rings. The van der Waals surface area contributed by atoms with E-state index in [2.05, 4.69) is 72.8 Å². The Hall–Kier alpha value is -3.00. The molecular weight excluding hydrogens is 304 g/mol. The van der Waals surface area contributed by atoms with E-state index in [0.717, 1.165) is 17.1 Å². The molecule has 0 aromatic heterocycles. The fourth-order valence-corrected chi connectivity index (χ4v) is 4.44. The van der Waals surface area contributed by atoms with E-state index in [0.29, 0.717) is 0 Å². The van der Waals surface area contributed by atoms with Crippen molar-refractivity contribution in [1.82, 2.24) is 0 Å².